The van der Waals surface area contributed by atoms with Crippen LogP contribution in [0.3, 0.4) is 0 Å². The molecule has 0 saturated heterocycles. The molecule has 1 aromatic heterocycles. The van der Waals surface area contributed by atoms with Crippen LogP contribution in [0.25, 0.3) is 0 Å². The molecule has 4 heteroatoms. The van der Waals surface area contributed by atoms with Crippen LogP contribution in [-0.2, 0) is 6.42 Å². The van der Waals surface area contributed by atoms with Gasteiger partial charge in [-0.05, 0) is 6.92 Å². The lowest BCUT2D eigenvalue weighted by Gasteiger charge is -1.90. The van der Waals surface area contributed by atoms with E-state index in [1.165, 1.54) is 0 Å². The molecule has 0 unspecified atom stereocenters. The minimum Gasteiger partial charge on any atom is -0.368 e. The fourth-order valence-corrected chi connectivity index (χ4v) is 0.744. The maximum absolute atomic E-state index is 4.95. The third kappa shape index (κ3) is 2.80. The van der Waals surface area contributed by atoms with E-state index in [2.05, 4.69) is 10.5 Å². The van der Waals surface area contributed by atoms with Gasteiger partial charge in [0.25, 0.3) is 0 Å². The second-order valence-corrected chi connectivity index (χ2v) is 2.06. The molecule has 3 nitrogen and oxygen atoms in total. The minimum atomic E-state index is 0. The van der Waals surface area contributed by atoms with Gasteiger partial charge in [-0.3, -0.25) is 0 Å². The Morgan fingerprint density at radius 3 is 2.73 bits per heavy atom. The van der Waals surface area contributed by atoms with Crippen molar-refractivity contribution in [3.63, 3.8) is 0 Å². The van der Waals surface area contributed by atoms with Gasteiger partial charge in [-0.25, -0.2) is 0 Å². The van der Waals surface area contributed by atoms with Crippen LogP contribution in [0.5, 0.6) is 0 Å². The lowest BCUT2D eigenvalue weighted by molar-refractivity contribution is 0.389. The van der Waals surface area contributed by atoms with Crippen molar-refractivity contribution in [1.29, 1.82) is 0 Å². The summed E-state index contributed by atoms with van der Waals surface area (Å²) in [5.74, 6) is 1.76. The van der Waals surface area contributed by atoms with Crippen molar-refractivity contribution < 1.29 is 4.52 Å². The first-order valence-corrected chi connectivity index (χ1v) is 3.56. The molecular formula is C7H13ClN2O. The first-order chi connectivity index (χ1) is 4.86. The minimum absolute atomic E-state index is 0. The first-order valence-electron chi connectivity index (χ1n) is 3.56. The zero-order valence-corrected chi connectivity index (χ0v) is 7.57. The van der Waals surface area contributed by atoms with Gasteiger partial charge >= 0.3 is 0 Å². The molecule has 0 aliphatic carbocycles. The van der Waals surface area contributed by atoms with Crippen molar-refractivity contribution in [2.75, 3.05) is 11.9 Å². The standard InChI is InChI=1S/C7H12N2O.ClH/c1-3-6-5-7(8-4-2)9-10-6;/h5H,3-4H2,1-2H3,(H,8,9);1H. The number of rotatable bonds is 3. The number of anilines is 1. The Morgan fingerprint density at radius 1 is 1.55 bits per heavy atom. The van der Waals surface area contributed by atoms with Gasteiger partial charge in [-0.1, -0.05) is 12.1 Å². The average molecular weight is 177 g/mol. The summed E-state index contributed by atoms with van der Waals surface area (Å²) >= 11 is 0. The second kappa shape index (κ2) is 5.02. The van der Waals surface area contributed by atoms with E-state index in [0.29, 0.717) is 0 Å². The van der Waals surface area contributed by atoms with E-state index >= 15 is 0 Å². The van der Waals surface area contributed by atoms with Gasteiger partial charge in [0, 0.05) is 19.0 Å². The van der Waals surface area contributed by atoms with Gasteiger partial charge < -0.3 is 9.84 Å². The lowest BCUT2D eigenvalue weighted by atomic mass is 10.3. The maximum atomic E-state index is 4.95. The number of nitrogens with one attached hydrogen (secondary N) is 1. The predicted molar refractivity (Wildman–Crippen MR) is 47.3 cm³/mol. The Kier molecular flexibility index (Phi) is 4.70. The first kappa shape index (κ1) is 10.3. The topological polar surface area (TPSA) is 38.1 Å². The highest BCUT2D eigenvalue weighted by Gasteiger charge is 1.98. The molecule has 0 aliphatic rings. The Bertz CT molecular complexity index is 200. The van der Waals surface area contributed by atoms with Crippen molar-refractivity contribution in [3.05, 3.63) is 11.8 Å². The Balaban J connectivity index is 0.000001000. The summed E-state index contributed by atoms with van der Waals surface area (Å²) in [6.07, 6.45) is 0.901. The van der Waals surface area contributed by atoms with Gasteiger partial charge in [0.2, 0.25) is 0 Å². The smallest absolute Gasteiger partial charge is 0.169 e. The number of nitrogens with zero attached hydrogens (tertiary/aromatic N) is 1. The molecule has 1 N–H and O–H groups in total. The molecule has 0 aromatic carbocycles. The van der Waals surface area contributed by atoms with E-state index in [4.69, 9.17) is 4.52 Å². The number of aryl methyl sites for hydroxylation is 1. The van der Waals surface area contributed by atoms with Crippen molar-refractivity contribution in [3.8, 4) is 0 Å². The van der Waals surface area contributed by atoms with Crippen LogP contribution >= 0.6 is 12.4 Å². The molecule has 0 amide bonds. The van der Waals surface area contributed by atoms with E-state index in [1.807, 2.05) is 19.9 Å². The number of hydrogen-bond donors (Lipinski definition) is 1. The van der Waals surface area contributed by atoms with Crippen LogP contribution in [0, 0.1) is 0 Å². The highest BCUT2D eigenvalue weighted by molar-refractivity contribution is 5.85. The SMILES string of the molecule is CCNc1cc(CC)on1.Cl. The molecule has 0 atom stereocenters. The van der Waals surface area contributed by atoms with Crippen LogP contribution in [0.4, 0.5) is 5.82 Å². The van der Waals surface area contributed by atoms with Gasteiger partial charge in [-0.15, -0.1) is 12.4 Å². The highest BCUT2D eigenvalue weighted by Crippen LogP contribution is 2.07. The fourth-order valence-electron chi connectivity index (χ4n) is 0.744. The zero-order chi connectivity index (χ0) is 7.40. The average Bonchev–Trinajstić information content (AvgIpc) is 2.37. The lowest BCUT2D eigenvalue weighted by Crippen LogP contribution is -1.95. The number of halogens is 1. The van der Waals surface area contributed by atoms with Gasteiger partial charge in [-0.2, -0.15) is 0 Å². The second-order valence-electron chi connectivity index (χ2n) is 2.06. The largest absolute Gasteiger partial charge is 0.368 e. The summed E-state index contributed by atoms with van der Waals surface area (Å²) in [5.41, 5.74) is 0. The van der Waals surface area contributed by atoms with Crippen LogP contribution in [0.15, 0.2) is 10.6 Å². The Morgan fingerprint density at radius 2 is 2.27 bits per heavy atom. The summed E-state index contributed by atoms with van der Waals surface area (Å²) in [5, 5.41) is 6.85. The third-order valence-corrected chi connectivity index (χ3v) is 1.27. The molecular weight excluding hydrogens is 164 g/mol. The van der Waals surface area contributed by atoms with E-state index in [9.17, 15) is 0 Å². The van der Waals surface area contributed by atoms with Crippen molar-refractivity contribution in [2.45, 2.75) is 20.3 Å². The Labute approximate surface area is 72.6 Å². The molecule has 0 aliphatic heterocycles. The molecule has 0 radical (unpaired) electrons. The molecule has 11 heavy (non-hydrogen) atoms. The zero-order valence-electron chi connectivity index (χ0n) is 6.76. The highest BCUT2D eigenvalue weighted by atomic mass is 35.5. The third-order valence-electron chi connectivity index (χ3n) is 1.27. The van der Waals surface area contributed by atoms with Crippen molar-refractivity contribution in [1.82, 2.24) is 5.16 Å². The molecule has 0 saturated carbocycles. The quantitative estimate of drug-likeness (QED) is 0.767. The van der Waals surface area contributed by atoms with E-state index in [1.54, 1.807) is 0 Å². The summed E-state index contributed by atoms with van der Waals surface area (Å²) in [4.78, 5) is 0. The molecule has 1 rings (SSSR count). The molecule has 0 bridgehead atoms. The van der Waals surface area contributed by atoms with Gasteiger partial charge in [0.05, 0.1) is 0 Å². The maximum Gasteiger partial charge on any atom is 0.169 e. The van der Waals surface area contributed by atoms with Crippen LogP contribution in [-0.4, -0.2) is 11.7 Å². The van der Waals surface area contributed by atoms with E-state index in [-0.39, 0.29) is 12.4 Å². The van der Waals surface area contributed by atoms with Gasteiger partial charge in [0.15, 0.2) is 5.82 Å². The van der Waals surface area contributed by atoms with Crippen LogP contribution < -0.4 is 5.32 Å². The fraction of sp³-hybridized carbons (Fsp3) is 0.571. The summed E-state index contributed by atoms with van der Waals surface area (Å²) in [7, 11) is 0. The molecule has 64 valence electrons. The monoisotopic (exact) mass is 176 g/mol. The van der Waals surface area contributed by atoms with Gasteiger partial charge in [0.1, 0.15) is 5.76 Å². The summed E-state index contributed by atoms with van der Waals surface area (Å²) in [6.45, 7) is 4.95. The molecule has 0 fully saturated rings. The number of aromatic nitrogens is 1. The Hall–Kier alpha value is -0.700. The molecule has 1 aromatic rings. The summed E-state index contributed by atoms with van der Waals surface area (Å²) in [6, 6.07) is 1.92. The van der Waals surface area contributed by atoms with Crippen LogP contribution in [0.2, 0.25) is 0 Å². The summed E-state index contributed by atoms with van der Waals surface area (Å²) < 4.78 is 4.95. The normalized spacial score (nSPS) is 8.91. The number of hydrogen-bond acceptors (Lipinski definition) is 3. The van der Waals surface area contributed by atoms with E-state index < -0.39 is 0 Å². The molecule has 0 spiro atoms. The van der Waals surface area contributed by atoms with Crippen molar-refractivity contribution >= 4 is 18.2 Å². The van der Waals surface area contributed by atoms with Crippen LogP contribution in [0.1, 0.15) is 19.6 Å². The molecule has 1 heterocycles. The van der Waals surface area contributed by atoms with Crippen molar-refractivity contribution in [2.24, 2.45) is 0 Å². The van der Waals surface area contributed by atoms with E-state index in [0.717, 1.165) is 24.5 Å². The predicted octanol–water partition coefficient (Wildman–Crippen LogP) is 2.09.